The maximum Gasteiger partial charge on any atom is 0.134 e. The first-order valence-corrected chi connectivity index (χ1v) is 11.6. The molecule has 1 N–H and O–H groups in total. The van der Waals surface area contributed by atoms with Crippen LogP contribution in [0.5, 0.6) is 0 Å². The molecule has 0 bridgehead atoms. The summed E-state index contributed by atoms with van der Waals surface area (Å²) >= 11 is 0. The van der Waals surface area contributed by atoms with E-state index in [4.69, 9.17) is 4.74 Å². The van der Waals surface area contributed by atoms with Gasteiger partial charge in [0, 0.05) is 18.0 Å². The maximum atomic E-state index is 15.6. The summed E-state index contributed by atoms with van der Waals surface area (Å²) in [7, 11) is 0. The van der Waals surface area contributed by atoms with Gasteiger partial charge in [0.05, 0.1) is 12.7 Å². The highest BCUT2D eigenvalue weighted by atomic mass is 19.1. The van der Waals surface area contributed by atoms with Gasteiger partial charge in [0.15, 0.2) is 0 Å². The predicted octanol–water partition coefficient (Wildman–Crippen LogP) is 5.91. The van der Waals surface area contributed by atoms with Crippen LogP contribution in [0.15, 0.2) is 54.6 Å². The van der Waals surface area contributed by atoms with Crippen LogP contribution < -0.4 is 5.32 Å². The standard InChI is InChI=1S/C27H31F2NO/c1-3-30-26-22(23(16-27(26)10-11-27)17(2)24-9-12-31-24)14-19-13-20(28)15-21(25(19)29)18-7-5-4-6-8-18/h4-8,13,15,22-24,26,30H,2-3,9-12,14,16H2,1H3/t22-,23?,24-,26-/m1/s1. The van der Waals surface area contributed by atoms with Gasteiger partial charge in [-0.05, 0) is 78.3 Å². The Morgan fingerprint density at radius 2 is 1.94 bits per heavy atom. The Balaban J connectivity index is 1.50. The van der Waals surface area contributed by atoms with Crippen molar-refractivity contribution in [1.29, 1.82) is 0 Å². The van der Waals surface area contributed by atoms with Crippen molar-refractivity contribution in [3.8, 4) is 11.1 Å². The third-order valence-electron chi connectivity index (χ3n) is 7.79. The van der Waals surface area contributed by atoms with Gasteiger partial charge in [0.2, 0.25) is 0 Å². The van der Waals surface area contributed by atoms with Crippen LogP contribution in [0, 0.1) is 28.9 Å². The van der Waals surface area contributed by atoms with Gasteiger partial charge in [-0.3, -0.25) is 0 Å². The van der Waals surface area contributed by atoms with E-state index in [1.807, 2.05) is 30.3 Å². The number of ether oxygens (including phenoxy) is 1. The molecule has 1 spiro atoms. The monoisotopic (exact) mass is 423 g/mol. The summed E-state index contributed by atoms with van der Waals surface area (Å²) in [6, 6.07) is 12.3. The second-order valence-electron chi connectivity index (χ2n) is 9.59. The van der Waals surface area contributed by atoms with Gasteiger partial charge in [-0.25, -0.2) is 8.78 Å². The Hall–Kier alpha value is -2.04. The molecule has 2 nitrogen and oxygen atoms in total. The minimum atomic E-state index is -0.382. The van der Waals surface area contributed by atoms with Crippen molar-refractivity contribution >= 4 is 0 Å². The fourth-order valence-electron chi connectivity index (χ4n) is 5.98. The van der Waals surface area contributed by atoms with Crippen LogP contribution >= 0.6 is 0 Å². The predicted molar refractivity (Wildman–Crippen MR) is 120 cm³/mol. The zero-order valence-electron chi connectivity index (χ0n) is 18.2. The molecule has 1 unspecified atom stereocenters. The normalized spacial score (nSPS) is 28.5. The molecule has 3 fully saturated rings. The number of nitrogens with one attached hydrogen (secondary N) is 1. The van der Waals surface area contributed by atoms with Crippen molar-refractivity contribution in [3.05, 3.63) is 71.8 Å². The molecule has 2 saturated carbocycles. The van der Waals surface area contributed by atoms with E-state index in [9.17, 15) is 4.39 Å². The summed E-state index contributed by atoms with van der Waals surface area (Å²) in [5.41, 5.74) is 2.95. The van der Waals surface area contributed by atoms with Crippen LogP contribution in [0.3, 0.4) is 0 Å². The highest BCUT2D eigenvalue weighted by Gasteiger charge is 2.60. The lowest BCUT2D eigenvalue weighted by molar-refractivity contribution is -0.0329. The van der Waals surface area contributed by atoms with E-state index in [0.717, 1.165) is 31.6 Å². The molecule has 3 aliphatic rings. The van der Waals surface area contributed by atoms with Crippen LogP contribution in [0.2, 0.25) is 0 Å². The SMILES string of the molecule is C=C(C1CC2(CC2)[C@H](NCC)[C@@H]1Cc1cc(F)cc(-c2ccccc2)c1F)[C@H]1CCO1. The van der Waals surface area contributed by atoms with Gasteiger partial charge < -0.3 is 10.1 Å². The molecule has 0 amide bonds. The Kier molecular flexibility index (Phi) is 5.47. The lowest BCUT2D eigenvalue weighted by atomic mass is 9.79. The number of halogens is 2. The van der Waals surface area contributed by atoms with Crippen LogP contribution in [0.4, 0.5) is 8.78 Å². The van der Waals surface area contributed by atoms with E-state index in [1.165, 1.54) is 25.0 Å². The summed E-state index contributed by atoms with van der Waals surface area (Å²) < 4.78 is 36.0. The highest BCUT2D eigenvalue weighted by Crippen LogP contribution is 2.63. The van der Waals surface area contributed by atoms with Crippen LogP contribution in [-0.4, -0.2) is 25.3 Å². The fraction of sp³-hybridized carbons (Fsp3) is 0.481. The summed E-state index contributed by atoms with van der Waals surface area (Å²) in [6.45, 7) is 8.22. The smallest absolute Gasteiger partial charge is 0.134 e. The van der Waals surface area contributed by atoms with Crippen molar-refractivity contribution in [2.45, 2.75) is 51.2 Å². The molecule has 4 atom stereocenters. The van der Waals surface area contributed by atoms with Gasteiger partial charge in [0.1, 0.15) is 11.6 Å². The molecule has 2 aromatic carbocycles. The molecule has 1 saturated heterocycles. The number of rotatable bonds is 7. The molecule has 5 rings (SSSR count). The second-order valence-corrected chi connectivity index (χ2v) is 9.59. The second kappa shape index (κ2) is 8.14. The lowest BCUT2D eigenvalue weighted by Crippen LogP contribution is -2.41. The van der Waals surface area contributed by atoms with E-state index in [-0.39, 0.29) is 35.0 Å². The average molecular weight is 424 g/mol. The molecular formula is C27H31F2NO. The molecule has 0 aromatic heterocycles. The summed E-state index contributed by atoms with van der Waals surface area (Å²) in [4.78, 5) is 0. The lowest BCUT2D eigenvalue weighted by Gasteiger charge is -2.35. The third kappa shape index (κ3) is 3.74. The summed E-state index contributed by atoms with van der Waals surface area (Å²) in [6.07, 6.45) is 5.15. The van der Waals surface area contributed by atoms with E-state index in [1.54, 1.807) is 0 Å². The quantitative estimate of drug-likeness (QED) is 0.559. The molecule has 2 aromatic rings. The molecule has 164 valence electrons. The Labute approximate surface area is 183 Å². The van der Waals surface area contributed by atoms with E-state index >= 15 is 4.39 Å². The first-order valence-electron chi connectivity index (χ1n) is 11.6. The topological polar surface area (TPSA) is 21.3 Å². The minimum Gasteiger partial charge on any atom is -0.374 e. The van der Waals surface area contributed by atoms with Gasteiger partial charge in [-0.1, -0.05) is 43.8 Å². The van der Waals surface area contributed by atoms with Gasteiger partial charge >= 0.3 is 0 Å². The van der Waals surface area contributed by atoms with Crippen LogP contribution in [0.1, 0.15) is 38.2 Å². The maximum absolute atomic E-state index is 15.6. The Morgan fingerprint density at radius 3 is 2.55 bits per heavy atom. The first kappa shape index (κ1) is 20.8. The summed E-state index contributed by atoms with van der Waals surface area (Å²) in [5, 5.41) is 3.71. The molecule has 4 heteroatoms. The molecule has 0 radical (unpaired) electrons. The third-order valence-corrected chi connectivity index (χ3v) is 7.79. The average Bonchev–Trinajstić information content (AvgIpc) is 3.44. The van der Waals surface area contributed by atoms with Crippen molar-refractivity contribution in [1.82, 2.24) is 5.32 Å². The minimum absolute atomic E-state index is 0.126. The number of hydrogen-bond acceptors (Lipinski definition) is 2. The molecule has 31 heavy (non-hydrogen) atoms. The number of benzene rings is 2. The van der Waals surface area contributed by atoms with Gasteiger partial charge in [-0.2, -0.15) is 0 Å². The molecule has 1 heterocycles. The van der Waals surface area contributed by atoms with Crippen LogP contribution in [-0.2, 0) is 11.2 Å². The Bertz CT molecular complexity index is 965. The zero-order chi connectivity index (χ0) is 21.6. The Morgan fingerprint density at radius 1 is 1.19 bits per heavy atom. The van der Waals surface area contributed by atoms with Crippen molar-refractivity contribution < 1.29 is 13.5 Å². The molecular weight excluding hydrogens is 392 g/mol. The van der Waals surface area contributed by atoms with E-state index in [0.29, 0.717) is 29.2 Å². The summed E-state index contributed by atoms with van der Waals surface area (Å²) in [5.74, 6) is -0.213. The van der Waals surface area contributed by atoms with Gasteiger partial charge in [-0.15, -0.1) is 0 Å². The zero-order valence-corrected chi connectivity index (χ0v) is 18.2. The van der Waals surface area contributed by atoms with Crippen molar-refractivity contribution in [2.75, 3.05) is 13.2 Å². The fourth-order valence-corrected chi connectivity index (χ4v) is 5.98. The van der Waals surface area contributed by atoms with E-state index in [2.05, 4.69) is 18.8 Å². The number of hydrogen-bond donors (Lipinski definition) is 1. The molecule has 2 aliphatic carbocycles. The van der Waals surface area contributed by atoms with Crippen LogP contribution in [0.25, 0.3) is 11.1 Å². The van der Waals surface area contributed by atoms with Gasteiger partial charge in [0.25, 0.3) is 0 Å². The first-order chi connectivity index (χ1) is 15.0. The van der Waals surface area contributed by atoms with E-state index < -0.39 is 0 Å². The molecule has 1 aliphatic heterocycles. The van der Waals surface area contributed by atoms with Crippen molar-refractivity contribution in [3.63, 3.8) is 0 Å². The largest absolute Gasteiger partial charge is 0.374 e. The van der Waals surface area contributed by atoms with Crippen molar-refractivity contribution in [2.24, 2.45) is 17.3 Å². The highest BCUT2D eigenvalue weighted by molar-refractivity contribution is 5.65.